The van der Waals surface area contributed by atoms with Crippen molar-refractivity contribution in [2.75, 3.05) is 12.4 Å². The van der Waals surface area contributed by atoms with Gasteiger partial charge in [0.1, 0.15) is 0 Å². The minimum absolute atomic E-state index is 0.127. The smallest absolute Gasteiger partial charge is 0.339 e. The number of esters is 1. The number of ether oxygens (including phenoxy) is 1. The summed E-state index contributed by atoms with van der Waals surface area (Å²) in [4.78, 5) is 33.4. The Labute approximate surface area is 114 Å². The first-order valence-corrected chi connectivity index (χ1v) is 5.99. The van der Waals surface area contributed by atoms with Gasteiger partial charge in [0.2, 0.25) is 0 Å². The van der Waals surface area contributed by atoms with Gasteiger partial charge < -0.3 is 14.9 Å². The molecule has 2 N–H and O–H groups in total. The molecule has 0 fully saturated rings. The van der Waals surface area contributed by atoms with Crippen molar-refractivity contribution in [2.45, 2.75) is 6.42 Å². The maximum absolute atomic E-state index is 11.7. The molecule has 0 saturated carbocycles. The minimum Gasteiger partial charge on any atom is -0.478 e. The van der Waals surface area contributed by atoms with Crippen LogP contribution in [0.1, 0.15) is 37.5 Å². The minimum atomic E-state index is -1.38. The fourth-order valence-corrected chi connectivity index (χ4v) is 1.47. The molecule has 1 aromatic carbocycles. The Morgan fingerprint density at radius 1 is 1.11 bits per heavy atom. The van der Waals surface area contributed by atoms with E-state index in [9.17, 15) is 14.4 Å². The third-order valence-electron chi connectivity index (χ3n) is 2.25. The molecule has 0 radical (unpaired) electrons. The van der Waals surface area contributed by atoms with Gasteiger partial charge in [-0.3, -0.25) is 0 Å². The van der Waals surface area contributed by atoms with Gasteiger partial charge in [0.05, 0.1) is 23.3 Å². The fraction of sp³-hybridized carbons (Fsp3) is 0.250. The van der Waals surface area contributed by atoms with E-state index in [-0.39, 0.29) is 17.7 Å². The number of carboxylic acids is 2. The molecule has 1 aromatic rings. The van der Waals surface area contributed by atoms with E-state index in [1.165, 1.54) is 0 Å². The van der Waals surface area contributed by atoms with E-state index in [1.807, 2.05) is 0 Å². The second-order valence-electron chi connectivity index (χ2n) is 3.58. The van der Waals surface area contributed by atoms with E-state index in [1.54, 1.807) is 0 Å². The Balaban J connectivity index is 3.03. The average molecular weight is 284 g/mol. The van der Waals surface area contributed by atoms with Crippen molar-refractivity contribution in [3.8, 4) is 0 Å². The lowest BCUT2D eigenvalue weighted by atomic mass is 10.0. The van der Waals surface area contributed by atoms with Crippen LogP contribution < -0.4 is 0 Å². The first-order chi connectivity index (χ1) is 8.97. The summed E-state index contributed by atoms with van der Waals surface area (Å²) in [5.74, 6) is -2.91. The van der Waals surface area contributed by atoms with Crippen molar-refractivity contribution < 1.29 is 29.3 Å². The molecular weight excluding hydrogens is 272 g/mol. The number of carbonyl (C=O) groups is 3. The first-order valence-electron chi connectivity index (χ1n) is 5.36. The molecule has 7 heteroatoms. The highest BCUT2D eigenvalue weighted by molar-refractivity contribution is 7.80. The van der Waals surface area contributed by atoms with Crippen molar-refractivity contribution in [3.63, 3.8) is 0 Å². The second-order valence-corrected chi connectivity index (χ2v) is 4.03. The summed E-state index contributed by atoms with van der Waals surface area (Å²) in [6, 6.07) is 3.22. The van der Waals surface area contributed by atoms with Crippen LogP contribution in [0.3, 0.4) is 0 Å². The van der Waals surface area contributed by atoms with E-state index >= 15 is 0 Å². The van der Waals surface area contributed by atoms with Gasteiger partial charge in [0.25, 0.3) is 0 Å². The Morgan fingerprint density at radius 3 is 2.32 bits per heavy atom. The van der Waals surface area contributed by atoms with Crippen LogP contribution in [0.15, 0.2) is 18.2 Å². The van der Waals surface area contributed by atoms with Crippen molar-refractivity contribution in [3.05, 3.63) is 34.9 Å². The third-order valence-corrected chi connectivity index (χ3v) is 2.57. The lowest BCUT2D eigenvalue weighted by molar-refractivity contribution is 0.0494. The number of rotatable bonds is 6. The van der Waals surface area contributed by atoms with Gasteiger partial charge in [-0.05, 0) is 30.4 Å². The molecule has 0 saturated heterocycles. The number of benzene rings is 1. The molecule has 102 valence electrons. The van der Waals surface area contributed by atoms with Crippen LogP contribution in [-0.4, -0.2) is 40.5 Å². The average Bonchev–Trinajstić information content (AvgIpc) is 2.38. The molecule has 0 aliphatic heterocycles. The third kappa shape index (κ3) is 3.99. The van der Waals surface area contributed by atoms with E-state index in [0.29, 0.717) is 12.2 Å². The van der Waals surface area contributed by atoms with Crippen LogP contribution in [0.2, 0.25) is 0 Å². The normalized spacial score (nSPS) is 9.95. The molecule has 0 aliphatic carbocycles. The lowest BCUT2D eigenvalue weighted by Gasteiger charge is -2.07. The molecule has 0 atom stereocenters. The summed E-state index contributed by atoms with van der Waals surface area (Å²) in [7, 11) is 0. The molecule has 19 heavy (non-hydrogen) atoms. The molecule has 0 aliphatic rings. The molecular formula is C12H12O6S. The highest BCUT2D eigenvalue weighted by atomic mass is 32.1. The quantitative estimate of drug-likeness (QED) is 0.416. The summed E-state index contributed by atoms with van der Waals surface area (Å²) in [5, 5.41) is 17.8. The van der Waals surface area contributed by atoms with Gasteiger partial charge >= 0.3 is 17.9 Å². The molecule has 0 unspecified atom stereocenters. The Bertz CT molecular complexity index is 511. The van der Waals surface area contributed by atoms with Crippen molar-refractivity contribution in [2.24, 2.45) is 0 Å². The van der Waals surface area contributed by atoms with Crippen LogP contribution in [0.5, 0.6) is 0 Å². The summed E-state index contributed by atoms with van der Waals surface area (Å²) in [6.07, 6.45) is 0.546. The maximum Gasteiger partial charge on any atom is 0.339 e. The number of carboxylic acid groups (broad SMARTS) is 2. The largest absolute Gasteiger partial charge is 0.478 e. The number of carbonyl (C=O) groups excluding carboxylic acids is 1. The van der Waals surface area contributed by atoms with Crippen LogP contribution in [0.4, 0.5) is 0 Å². The van der Waals surface area contributed by atoms with Gasteiger partial charge in [-0.15, -0.1) is 0 Å². The van der Waals surface area contributed by atoms with Gasteiger partial charge in [-0.2, -0.15) is 12.6 Å². The molecule has 0 aromatic heterocycles. The molecule has 1 rings (SSSR count). The number of thiol groups is 1. The Kier molecular flexibility index (Phi) is 5.37. The summed E-state index contributed by atoms with van der Waals surface area (Å²) < 4.78 is 4.86. The van der Waals surface area contributed by atoms with Gasteiger partial charge in [0, 0.05) is 0 Å². The maximum atomic E-state index is 11.7. The highest BCUT2D eigenvalue weighted by Gasteiger charge is 2.19. The molecule has 6 nitrogen and oxygen atoms in total. The van der Waals surface area contributed by atoms with E-state index < -0.39 is 23.5 Å². The zero-order chi connectivity index (χ0) is 14.4. The van der Waals surface area contributed by atoms with Crippen LogP contribution in [0, 0.1) is 0 Å². The van der Waals surface area contributed by atoms with Gasteiger partial charge in [0.15, 0.2) is 0 Å². The summed E-state index contributed by atoms with van der Waals surface area (Å²) in [5.41, 5.74) is -0.767. The van der Waals surface area contributed by atoms with Crippen molar-refractivity contribution in [1.82, 2.24) is 0 Å². The van der Waals surface area contributed by atoms with Crippen LogP contribution in [0.25, 0.3) is 0 Å². The summed E-state index contributed by atoms with van der Waals surface area (Å²) in [6.45, 7) is 0.127. The standard InChI is InChI=1S/C12H12O6S/c13-10(14)7-2-3-8(9(6-7)11(15)16)12(17)18-4-1-5-19/h2-3,6,19H,1,4-5H2,(H,13,14)(H,15,16). The first kappa shape index (κ1) is 15.0. The Morgan fingerprint density at radius 2 is 1.79 bits per heavy atom. The van der Waals surface area contributed by atoms with E-state index in [4.69, 9.17) is 14.9 Å². The second kappa shape index (κ2) is 6.79. The summed E-state index contributed by atoms with van der Waals surface area (Å²) >= 11 is 3.95. The van der Waals surface area contributed by atoms with E-state index in [2.05, 4.69) is 12.6 Å². The van der Waals surface area contributed by atoms with E-state index in [0.717, 1.165) is 18.2 Å². The van der Waals surface area contributed by atoms with Crippen molar-refractivity contribution >= 4 is 30.5 Å². The Hall–Kier alpha value is -2.02. The van der Waals surface area contributed by atoms with Gasteiger partial charge in [-0.1, -0.05) is 0 Å². The molecule has 0 heterocycles. The van der Waals surface area contributed by atoms with Crippen molar-refractivity contribution in [1.29, 1.82) is 0 Å². The number of aromatic carboxylic acids is 2. The predicted molar refractivity (Wildman–Crippen MR) is 69.1 cm³/mol. The number of hydrogen-bond acceptors (Lipinski definition) is 5. The molecule has 0 amide bonds. The van der Waals surface area contributed by atoms with Crippen LogP contribution >= 0.6 is 12.6 Å². The zero-order valence-corrected chi connectivity index (χ0v) is 10.7. The van der Waals surface area contributed by atoms with Crippen LogP contribution in [-0.2, 0) is 4.74 Å². The lowest BCUT2D eigenvalue weighted by Crippen LogP contribution is -2.14. The predicted octanol–water partition coefficient (Wildman–Crippen LogP) is 1.56. The highest BCUT2D eigenvalue weighted by Crippen LogP contribution is 2.14. The molecule has 0 spiro atoms. The molecule has 0 bridgehead atoms. The monoisotopic (exact) mass is 284 g/mol. The zero-order valence-electron chi connectivity index (χ0n) is 9.83. The topological polar surface area (TPSA) is 101 Å². The number of hydrogen-bond donors (Lipinski definition) is 3. The fourth-order valence-electron chi connectivity index (χ4n) is 1.34. The SMILES string of the molecule is O=C(O)c1ccc(C(=O)OCCCS)c(C(=O)O)c1. The van der Waals surface area contributed by atoms with Gasteiger partial charge in [-0.25, -0.2) is 14.4 Å².